The van der Waals surface area contributed by atoms with Crippen LogP contribution in [0, 0.1) is 0 Å². The normalized spacial score (nSPS) is 18.7. The Balaban J connectivity index is 1.31. The van der Waals surface area contributed by atoms with Crippen molar-refractivity contribution in [3.63, 3.8) is 0 Å². The van der Waals surface area contributed by atoms with E-state index in [2.05, 4.69) is 25.1 Å². The molecule has 9 nitrogen and oxygen atoms in total. The number of carbonyl (C=O) groups is 1. The molecule has 33 heavy (non-hydrogen) atoms. The number of carbonyl (C=O) groups excluding carboxylic acids is 1. The summed E-state index contributed by atoms with van der Waals surface area (Å²) in [7, 11) is -4.37. The van der Waals surface area contributed by atoms with Gasteiger partial charge >= 0.3 is 12.2 Å². The predicted molar refractivity (Wildman–Crippen MR) is 114 cm³/mol. The smallest absolute Gasteiger partial charge is 0.338 e. The lowest BCUT2D eigenvalue weighted by atomic mass is 10.2. The zero-order valence-electron chi connectivity index (χ0n) is 17.6. The summed E-state index contributed by atoms with van der Waals surface area (Å²) in [6.45, 7) is 3.74. The number of halogens is 3. The summed E-state index contributed by atoms with van der Waals surface area (Å²) in [5.74, 6) is 0.687. The number of hydrogen-bond acceptors (Lipinski definition) is 7. The Labute approximate surface area is 189 Å². The van der Waals surface area contributed by atoms with Crippen LogP contribution < -0.4 is 10.2 Å². The molecule has 4 rings (SSSR count). The molecule has 1 saturated heterocycles. The monoisotopic (exact) mass is 484 g/mol. The van der Waals surface area contributed by atoms with Crippen molar-refractivity contribution in [3.8, 4) is 0 Å². The first-order valence-electron chi connectivity index (χ1n) is 10.5. The van der Waals surface area contributed by atoms with Crippen LogP contribution in [0.3, 0.4) is 0 Å². The van der Waals surface area contributed by atoms with Crippen molar-refractivity contribution < 1.29 is 26.4 Å². The molecule has 0 spiro atoms. The second kappa shape index (κ2) is 9.14. The summed E-state index contributed by atoms with van der Waals surface area (Å²) in [5.41, 5.74) is -1.23. The molecule has 2 amide bonds. The van der Waals surface area contributed by atoms with E-state index in [9.17, 15) is 26.4 Å². The molecule has 1 aromatic heterocycles. The third kappa shape index (κ3) is 5.03. The van der Waals surface area contributed by atoms with E-state index in [0.717, 1.165) is 38.3 Å². The van der Waals surface area contributed by atoms with Gasteiger partial charge in [-0.1, -0.05) is 0 Å². The Morgan fingerprint density at radius 3 is 2.33 bits per heavy atom. The quantitative estimate of drug-likeness (QED) is 0.630. The SMILES string of the molecule is O=C1Nc2ccc(C(F)(F)F)cc2S(=O)(=O)N1CCCCN1CCN(c2ncccn2)CC1. The highest BCUT2D eigenvalue weighted by Gasteiger charge is 2.39. The van der Waals surface area contributed by atoms with E-state index < -0.39 is 32.7 Å². The number of amides is 2. The highest BCUT2D eigenvalue weighted by atomic mass is 32.2. The summed E-state index contributed by atoms with van der Waals surface area (Å²) in [6, 6.07) is 3.17. The van der Waals surface area contributed by atoms with Gasteiger partial charge in [-0.25, -0.2) is 27.5 Å². The number of aromatic nitrogens is 2. The van der Waals surface area contributed by atoms with Crippen LogP contribution in [0.1, 0.15) is 18.4 Å². The van der Waals surface area contributed by atoms with Crippen LogP contribution in [0.5, 0.6) is 0 Å². The van der Waals surface area contributed by atoms with Crippen LogP contribution in [0.25, 0.3) is 0 Å². The maximum atomic E-state index is 13.0. The van der Waals surface area contributed by atoms with E-state index in [1.54, 1.807) is 18.5 Å². The molecule has 0 aliphatic carbocycles. The Kier molecular flexibility index (Phi) is 6.43. The molecule has 3 heterocycles. The third-order valence-corrected chi connectivity index (χ3v) is 7.46. The van der Waals surface area contributed by atoms with Gasteiger partial charge in [0, 0.05) is 45.1 Å². The van der Waals surface area contributed by atoms with Gasteiger partial charge in [0.1, 0.15) is 4.90 Å². The van der Waals surface area contributed by atoms with E-state index in [-0.39, 0.29) is 12.2 Å². The molecule has 13 heteroatoms. The zero-order chi connectivity index (χ0) is 23.6. The molecule has 2 aliphatic rings. The highest BCUT2D eigenvalue weighted by Crippen LogP contribution is 2.36. The number of urea groups is 1. The maximum absolute atomic E-state index is 13.0. The van der Waals surface area contributed by atoms with Crippen LogP contribution in [-0.4, -0.2) is 72.9 Å². The fraction of sp³-hybridized carbons (Fsp3) is 0.450. The molecule has 1 N–H and O–H groups in total. The Hall–Kier alpha value is -2.93. The van der Waals surface area contributed by atoms with Crippen LogP contribution in [0.15, 0.2) is 41.6 Å². The molecule has 0 unspecified atom stereocenters. The Morgan fingerprint density at radius 2 is 1.67 bits per heavy atom. The molecule has 0 radical (unpaired) electrons. The number of nitrogens with zero attached hydrogens (tertiary/aromatic N) is 5. The first-order valence-corrected chi connectivity index (χ1v) is 11.9. The van der Waals surface area contributed by atoms with Crippen molar-refractivity contribution in [2.75, 3.05) is 49.5 Å². The molecule has 178 valence electrons. The minimum Gasteiger partial charge on any atom is -0.338 e. The van der Waals surface area contributed by atoms with Crippen LogP contribution in [0.2, 0.25) is 0 Å². The van der Waals surface area contributed by atoms with Gasteiger partial charge in [-0.05, 0) is 43.7 Å². The fourth-order valence-electron chi connectivity index (χ4n) is 3.86. The van der Waals surface area contributed by atoms with E-state index >= 15 is 0 Å². The van der Waals surface area contributed by atoms with E-state index in [1.165, 1.54) is 0 Å². The van der Waals surface area contributed by atoms with Gasteiger partial charge in [0.25, 0.3) is 10.0 Å². The van der Waals surface area contributed by atoms with Crippen molar-refractivity contribution in [2.24, 2.45) is 0 Å². The lowest BCUT2D eigenvalue weighted by molar-refractivity contribution is -0.137. The average molecular weight is 485 g/mol. The van der Waals surface area contributed by atoms with Crippen molar-refractivity contribution in [2.45, 2.75) is 23.9 Å². The summed E-state index contributed by atoms with van der Waals surface area (Å²) >= 11 is 0. The van der Waals surface area contributed by atoms with E-state index in [4.69, 9.17) is 0 Å². The summed E-state index contributed by atoms with van der Waals surface area (Å²) in [4.78, 5) is 24.6. The number of fused-ring (bicyclic) bond motifs is 1. The van der Waals surface area contributed by atoms with Crippen molar-refractivity contribution >= 4 is 27.7 Å². The number of rotatable bonds is 6. The predicted octanol–water partition coefficient (Wildman–Crippen LogP) is 2.63. The van der Waals surface area contributed by atoms with Gasteiger partial charge in [0.15, 0.2) is 0 Å². The van der Waals surface area contributed by atoms with E-state index in [0.29, 0.717) is 35.7 Å². The first-order chi connectivity index (χ1) is 15.7. The number of sulfonamides is 1. The summed E-state index contributed by atoms with van der Waals surface area (Å²) in [6.07, 6.45) is -0.267. The number of alkyl halides is 3. The topological polar surface area (TPSA) is 98.7 Å². The van der Waals surface area contributed by atoms with Gasteiger partial charge in [0.05, 0.1) is 11.3 Å². The molecule has 1 fully saturated rings. The second-order valence-corrected chi connectivity index (χ2v) is 9.63. The summed E-state index contributed by atoms with van der Waals surface area (Å²) < 4.78 is 65.3. The molecular weight excluding hydrogens is 461 g/mol. The van der Waals surface area contributed by atoms with Crippen molar-refractivity contribution in [1.82, 2.24) is 19.2 Å². The van der Waals surface area contributed by atoms with Gasteiger partial charge in [-0.2, -0.15) is 13.2 Å². The molecule has 0 bridgehead atoms. The number of anilines is 2. The second-order valence-electron chi connectivity index (χ2n) is 7.80. The number of piperazine rings is 1. The summed E-state index contributed by atoms with van der Waals surface area (Å²) in [5, 5.41) is 2.37. The molecular formula is C20H23F3N6O3S. The number of unbranched alkanes of at least 4 members (excludes halogenated alkanes) is 1. The van der Waals surface area contributed by atoms with Gasteiger partial charge in [0.2, 0.25) is 5.95 Å². The van der Waals surface area contributed by atoms with Crippen LogP contribution in [-0.2, 0) is 16.2 Å². The lowest BCUT2D eigenvalue weighted by Crippen LogP contribution is -2.47. The van der Waals surface area contributed by atoms with E-state index in [1.807, 2.05) is 0 Å². The highest BCUT2D eigenvalue weighted by molar-refractivity contribution is 7.90. The van der Waals surface area contributed by atoms with Gasteiger partial charge in [-0.3, -0.25) is 4.90 Å². The molecule has 0 saturated carbocycles. The van der Waals surface area contributed by atoms with Crippen molar-refractivity contribution in [1.29, 1.82) is 0 Å². The Bertz CT molecular complexity index is 1110. The number of nitrogens with one attached hydrogen (secondary N) is 1. The Morgan fingerprint density at radius 1 is 1.00 bits per heavy atom. The van der Waals surface area contributed by atoms with Crippen LogP contribution >= 0.6 is 0 Å². The van der Waals surface area contributed by atoms with Crippen molar-refractivity contribution in [3.05, 3.63) is 42.2 Å². The number of benzene rings is 1. The molecule has 1 aromatic carbocycles. The molecule has 2 aliphatic heterocycles. The van der Waals surface area contributed by atoms with Crippen LogP contribution in [0.4, 0.5) is 29.6 Å². The fourth-order valence-corrected chi connectivity index (χ4v) is 5.40. The van der Waals surface area contributed by atoms with Gasteiger partial charge < -0.3 is 10.2 Å². The first kappa shape index (κ1) is 23.2. The molecule has 0 atom stereocenters. The number of hydrogen-bond donors (Lipinski definition) is 1. The standard InChI is InChI=1S/C20H23F3N6O3S/c21-20(22,23)15-4-5-16-17(14-15)33(31,32)29(19(30)26-16)9-2-1-8-27-10-12-28(13-11-27)18-24-6-3-7-25-18/h3-7,14H,1-2,8-13H2,(H,26,30). The third-order valence-electron chi connectivity index (χ3n) is 5.64. The van der Waals surface area contributed by atoms with Gasteiger partial charge in [-0.15, -0.1) is 0 Å². The largest absolute Gasteiger partial charge is 0.416 e. The lowest BCUT2D eigenvalue weighted by Gasteiger charge is -2.34. The molecule has 2 aromatic rings. The minimum atomic E-state index is -4.69. The minimum absolute atomic E-state index is 0.109. The maximum Gasteiger partial charge on any atom is 0.416 e. The average Bonchev–Trinajstić information content (AvgIpc) is 2.78. The zero-order valence-corrected chi connectivity index (χ0v) is 18.4.